The van der Waals surface area contributed by atoms with E-state index in [0.717, 1.165) is 23.4 Å². The van der Waals surface area contributed by atoms with Crippen molar-refractivity contribution in [2.24, 2.45) is 0 Å². The van der Waals surface area contributed by atoms with Crippen molar-refractivity contribution in [3.8, 4) is 11.4 Å². The number of aliphatic hydroxyl groups excluding tert-OH is 1. The summed E-state index contributed by atoms with van der Waals surface area (Å²) in [5.41, 5.74) is 5.70. The molecule has 1 aromatic heterocycles. The molecule has 1 amide bonds. The average Bonchev–Trinajstić information content (AvgIpc) is 3.31. The molecule has 2 heterocycles. The van der Waals surface area contributed by atoms with Crippen LogP contribution in [0.3, 0.4) is 0 Å². The normalized spacial score (nSPS) is 12.3. The topological polar surface area (TPSA) is 91.5 Å². The predicted molar refractivity (Wildman–Crippen MR) is 134 cm³/mol. The number of β-amino-alcohol motifs (C(OH)–C–C–N with tert-alkyl or cyclic N) is 1. The van der Waals surface area contributed by atoms with Gasteiger partial charge in [0.05, 0.1) is 6.61 Å². The van der Waals surface area contributed by atoms with E-state index in [1.165, 1.54) is 17.7 Å². The molecule has 0 saturated heterocycles. The Balaban J connectivity index is 1.24. The second kappa shape index (κ2) is 9.97. The van der Waals surface area contributed by atoms with Gasteiger partial charge in [0.2, 0.25) is 17.6 Å². The van der Waals surface area contributed by atoms with E-state index in [4.69, 9.17) is 4.52 Å². The number of nitrogens with zero attached hydrogens (tertiary/aromatic N) is 3. The van der Waals surface area contributed by atoms with Gasteiger partial charge >= 0.3 is 0 Å². The van der Waals surface area contributed by atoms with E-state index in [2.05, 4.69) is 48.4 Å². The van der Waals surface area contributed by atoms with Crippen LogP contribution in [0, 0.1) is 5.82 Å². The number of hydrogen-bond donors (Lipinski definition) is 2. The number of aryl methyl sites for hydroxylation is 1. The van der Waals surface area contributed by atoms with Gasteiger partial charge in [0, 0.05) is 52.9 Å². The molecule has 3 aromatic carbocycles. The first-order chi connectivity index (χ1) is 17.0. The summed E-state index contributed by atoms with van der Waals surface area (Å²) < 4.78 is 19.1. The molecule has 4 aromatic rings. The number of nitrogens with one attached hydrogen (secondary N) is 1. The average molecular weight is 537 g/mol. The number of hydrogen-bond acceptors (Lipinski definition) is 6. The third kappa shape index (κ3) is 4.96. The van der Waals surface area contributed by atoms with Gasteiger partial charge in [0.25, 0.3) is 0 Å². The van der Waals surface area contributed by atoms with Gasteiger partial charge in [-0.25, -0.2) is 4.39 Å². The van der Waals surface area contributed by atoms with Crippen molar-refractivity contribution in [2.45, 2.75) is 19.3 Å². The van der Waals surface area contributed by atoms with E-state index in [0.29, 0.717) is 34.0 Å². The number of halogens is 2. The summed E-state index contributed by atoms with van der Waals surface area (Å²) in [7, 11) is 0. The molecule has 0 bridgehead atoms. The molecule has 0 aliphatic carbocycles. The lowest BCUT2D eigenvalue weighted by molar-refractivity contribution is -0.116. The molecular weight excluding hydrogens is 515 g/mol. The maximum absolute atomic E-state index is 13.3. The molecule has 5 rings (SSSR count). The molecule has 2 N–H and O–H groups in total. The third-order valence-corrected chi connectivity index (χ3v) is 6.50. The minimum atomic E-state index is -0.367. The minimum Gasteiger partial charge on any atom is -0.395 e. The van der Waals surface area contributed by atoms with Gasteiger partial charge in [-0.05, 0) is 69.5 Å². The van der Waals surface area contributed by atoms with Crippen LogP contribution in [-0.4, -0.2) is 34.3 Å². The van der Waals surface area contributed by atoms with Crippen molar-refractivity contribution in [3.63, 3.8) is 0 Å². The first-order valence-electron chi connectivity index (χ1n) is 11.2. The van der Waals surface area contributed by atoms with Gasteiger partial charge in [0.1, 0.15) is 5.82 Å². The maximum Gasteiger partial charge on any atom is 0.227 e. The molecular formula is C26H22BrFN4O3. The fourth-order valence-electron chi connectivity index (χ4n) is 4.25. The van der Waals surface area contributed by atoms with E-state index in [1.54, 1.807) is 6.07 Å². The van der Waals surface area contributed by atoms with E-state index in [9.17, 15) is 14.3 Å². The van der Waals surface area contributed by atoms with E-state index in [1.807, 2.05) is 30.3 Å². The van der Waals surface area contributed by atoms with Crippen molar-refractivity contribution in [2.75, 3.05) is 23.4 Å². The van der Waals surface area contributed by atoms with Crippen LogP contribution in [0.1, 0.15) is 23.4 Å². The summed E-state index contributed by atoms with van der Waals surface area (Å²) in [5, 5.41) is 16.4. The molecule has 178 valence electrons. The smallest absolute Gasteiger partial charge is 0.227 e. The van der Waals surface area contributed by atoms with Crippen molar-refractivity contribution >= 4 is 38.9 Å². The van der Waals surface area contributed by atoms with Gasteiger partial charge in [-0.2, -0.15) is 4.98 Å². The number of benzene rings is 3. The van der Waals surface area contributed by atoms with Crippen molar-refractivity contribution in [1.82, 2.24) is 10.1 Å². The third-order valence-electron chi connectivity index (χ3n) is 5.85. The summed E-state index contributed by atoms with van der Waals surface area (Å²) >= 11 is 3.30. The zero-order valence-corrected chi connectivity index (χ0v) is 20.3. The van der Waals surface area contributed by atoms with E-state index < -0.39 is 0 Å². The number of aromatic nitrogens is 2. The number of carbonyl (C=O) groups excluding carboxylic acids is 1. The number of rotatable bonds is 7. The largest absolute Gasteiger partial charge is 0.395 e. The number of para-hydroxylation sites is 1. The molecule has 0 radical (unpaired) electrons. The van der Waals surface area contributed by atoms with Crippen LogP contribution in [0.15, 0.2) is 69.7 Å². The highest BCUT2D eigenvalue weighted by atomic mass is 79.9. The van der Waals surface area contributed by atoms with E-state index in [-0.39, 0.29) is 31.2 Å². The predicted octanol–water partition coefficient (Wildman–Crippen LogP) is 5.24. The number of carbonyl (C=O) groups is 1. The van der Waals surface area contributed by atoms with Gasteiger partial charge in [-0.3, -0.25) is 4.79 Å². The second-order valence-corrected chi connectivity index (χ2v) is 9.06. The Morgan fingerprint density at radius 2 is 1.94 bits per heavy atom. The summed E-state index contributed by atoms with van der Waals surface area (Å²) in [6.45, 7) is 0.540. The molecule has 9 heteroatoms. The first kappa shape index (κ1) is 23.2. The second-order valence-electron chi connectivity index (χ2n) is 8.21. The number of amides is 1. The highest BCUT2D eigenvalue weighted by Crippen LogP contribution is 2.39. The Labute approximate surface area is 209 Å². The lowest BCUT2D eigenvalue weighted by Crippen LogP contribution is -2.26. The molecule has 0 atom stereocenters. The van der Waals surface area contributed by atoms with Crippen LogP contribution < -0.4 is 10.2 Å². The summed E-state index contributed by atoms with van der Waals surface area (Å²) in [6.07, 6.45) is 1.20. The standard InChI is InChI=1S/C26H22BrFN4O3/c27-21-15-18(28)5-7-20(21)26-30-25(35-31-26)10-9-24(34)29-19-6-8-23-17(14-19)13-16-3-1-2-4-22(16)32(23)11-12-33/h1-8,14-15,33H,9-13H2,(H,29,34). The SMILES string of the molecule is O=C(CCc1nc(-c2ccc(F)cc2Br)no1)Nc1ccc2c(c1)Cc1ccccc1N2CCO. The lowest BCUT2D eigenvalue weighted by atomic mass is 9.95. The van der Waals surface area contributed by atoms with Crippen LogP contribution in [0.4, 0.5) is 21.5 Å². The zero-order chi connectivity index (χ0) is 24.4. The highest BCUT2D eigenvalue weighted by molar-refractivity contribution is 9.10. The molecule has 0 saturated carbocycles. The fraction of sp³-hybridized carbons (Fsp3) is 0.192. The molecule has 7 nitrogen and oxygen atoms in total. The zero-order valence-electron chi connectivity index (χ0n) is 18.7. The Kier molecular flexibility index (Phi) is 6.61. The van der Waals surface area contributed by atoms with Crippen LogP contribution in [-0.2, 0) is 17.6 Å². The van der Waals surface area contributed by atoms with E-state index >= 15 is 0 Å². The Morgan fingerprint density at radius 1 is 1.11 bits per heavy atom. The Hall–Kier alpha value is -3.56. The van der Waals surface area contributed by atoms with Gasteiger partial charge in [-0.1, -0.05) is 23.4 Å². The maximum atomic E-state index is 13.3. The monoisotopic (exact) mass is 536 g/mol. The molecule has 0 spiro atoms. The number of aliphatic hydroxyl groups is 1. The summed E-state index contributed by atoms with van der Waals surface area (Å²) in [6, 6.07) is 18.2. The van der Waals surface area contributed by atoms with Crippen molar-refractivity contribution < 1.29 is 18.8 Å². The fourth-order valence-corrected chi connectivity index (χ4v) is 4.78. The molecule has 35 heavy (non-hydrogen) atoms. The van der Waals surface area contributed by atoms with Crippen molar-refractivity contribution in [1.29, 1.82) is 0 Å². The summed E-state index contributed by atoms with van der Waals surface area (Å²) in [5.74, 6) is 0.118. The minimum absolute atomic E-state index is 0.0434. The number of fused-ring (bicyclic) bond motifs is 2. The highest BCUT2D eigenvalue weighted by Gasteiger charge is 2.22. The first-order valence-corrected chi connectivity index (χ1v) is 12.0. The Morgan fingerprint density at radius 3 is 2.77 bits per heavy atom. The van der Waals surface area contributed by atoms with Crippen LogP contribution in [0.5, 0.6) is 0 Å². The Bertz CT molecular complexity index is 1390. The van der Waals surface area contributed by atoms with Crippen LogP contribution in [0.2, 0.25) is 0 Å². The molecule has 1 aliphatic heterocycles. The van der Waals surface area contributed by atoms with Gasteiger partial charge in [-0.15, -0.1) is 0 Å². The molecule has 0 unspecified atom stereocenters. The van der Waals surface area contributed by atoms with Crippen LogP contribution in [0.25, 0.3) is 11.4 Å². The van der Waals surface area contributed by atoms with Crippen molar-refractivity contribution in [3.05, 3.63) is 88.0 Å². The lowest BCUT2D eigenvalue weighted by Gasteiger charge is -2.33. The quantitative estimate of drug-likeness (QED) is 0.335. The molecule has 1 aliphatic rings. The van der Waals surface area contributed by atoms with Gasteiger partial charge < -0.3 is 19.8 Å². The summed E-state index contributed by atoms with van der Waals surface area (Å²) in [4.78, 5) is 19.0. The molecule has 0 fully saturated rings. The number of anilines is 3. The van der Waals surface area contributed by atoms with Gasteiger partial charge in [0.15, 0.2) is 0 Å². The van der Waals surface area contributed by atoms with Crippen LogP contribution >= 0.6 is 15.9 Å².